The van der Waals surface area contributed by atoms with Gasteiger partial charge < -0.3 is 10.2 Å². The predicted molar refractivity (Wildman–Crippen MR) is 181 cm³/mol. The van der Waals surface area contributed by atoms with E-state index in [1.165, 1.54) is 24.1 Å². The van der Waals surface area contributed by atoms with Crippen LogP contribution in [0.4, 0.5) is 5.69 Å². The second-order valence-corrected chi connectivity index (χ2v) is 13.9. The summed E-state index contributed by atoms with van der Waals surface area (Å²) in [7, 11) is -2.69. The highest BCUT2D eigenvalue weighted by molar-refractivity contribution is 7.92. The summed E-state index contributed by atoms with van der Waals surface area (Å²) in [5.41, 5.74) is 3.65. The van der Waals surface area contributed by atoms with E-state index in [-0.39, 0.29) is 23.8 Å². The Morgan fingerprint density at radius 3 is 2.09 bits per heavy atom. The smallest absolute Gasteiger partial charge is 0.264 e. The highest BCUT2D eigenvalue weighted by atomic mass is 35.5. The maximum absolute atomic E-state index is 14.4. The van der Waals surface area contributed by atoms with E-state index in [2.05, 4.69) is 5.32 Å². The van der Waals surface area contributed by atoms with E-state index in [1.54, 1.807) is 42.5 Å². The van der Waals surface area contributed by atoms with Crippen molar-refractivity contribution in [1.82, 2.24) is 10.2 Å². The van der Waals surface area contributed by atoms with Crippen LogP contribution in [0.15, 0.2) is 102 Å². The number of carbonyl (C=O) groups excluding carboxylic acids is 2. The number of benzene rings is 4. The van der Waals surface area contributed by atoms with Crippen molar-refractivity contribution >= 4 is 50.7 Å². The van der Waals surface area contributed by atoms with Crippen LogP contribution >= 0.6 is 23.2 Å². The first-order valence-electron chi connectivity index (χ1n) is 14.6. The van der Waals surface area contributed by atoms with Crippen molar-refractivity contribution in [2.24, 2.45) is 0 Å². The summed E-state index contributed by atoms with van der Waals surface area (Å²) in [5, 5.41) is 3.42. The van der Waals surface area contributed by atoms with Crippen molar-refractivity contribution in [3.8, 4) is 0 Å². The zero-order valence-corrected chi connectivity index (χ0v) is 28.0. The third kappa shape index (κ3) is 8.45. The van der Waals surface area contributed by atoms with Gasteiger partial charge in [-0.3, -0.25) is 13.9 Å². The lowest BCUT2D eigenvalue weighted by atomic mass is 10.0. The van der Waals surface area contributed by atoms with Gasteiger partial charge in [0, 0.05) is 30.1 Å². The minimum absolute atomic E-state index is 0.0493. The monoisotopic (exact) mass is 665 g/mol. The summed E-state index contributed by atoms with van der Waals surface area (Å²) in [6.07, 6.45) is 0.200. The van der Waals surface area contributed by atoms with Gasteiger partial charge in [0.2, 0.25) is 11.8 Å². The molecule has 0 heterocycles. The first-order chi connectivity index (χ1) is 21.4. The third-order valence-electron chi connectivity index (χ3n) is 7.61. The Kier molecular flexibility index (Phi) is 11.3. The van der Waals surface area contributed by atoms with E-state index in [4.69, 9.17) is 23.2 Å². The van der Waals surface area contributed by atoms with Gasteiger partial charge in [0.1, 0.15) is 12.6 Å². The Morgan fingerprint density at radius 2 is 1.51 bits per heavy atom. The van der Waals surface area contributed by atoms with Gasteiger partial charge in [-0.2, -0.15) is 0 Å². The molecule has 236 valence electrons. The third-order valence-corrected chi connectivity index (χ3v) is 9.98. The fourth-order valence-electron chi connectivity index (χ4n) is 4.95. The lowest BCUT2D eigenvalue weighted by Crippen LogP contribution is -2.53. The Balaban J connectivity index is 1.81. The summed E-state index contributed by atoms with van der Waals surface area (Å²) in [6.45, 7) is 5.36. The van der Waals surface area contributed by atoms with Gasteiger partial charge in [0.15, 0.2) is 0 Å². The maximum atomic E-state index is 14.4. The Bertz CT molecular complexity index is 1730. The minimum Gasteiger partial charge on any atom is -0.357 e. The number of aryl methyl sites for hydroxylation is 1. The van der Waals surface area contributed by atoms with Crippen LogP contribution in [0.25, 0.3) is 0 Å². The molecule has 45 heavy (non-hydrogen) atoms. The van der Waals surface area contributed by atoms with E-state index in [0.717, 1.165) is 21.0 Å². The van der Waals surface area contributed by atoms with Gasteiger partial charge in [-0.15, -0.1) is 0 Å². The zero-order chi connectivity index (χ0) is 32.7. The van der Waals surface area contributed by atoms with Crippen LogP contribution in [-0.2, 0) is 32.6 Å². The zero-order valence-electron chi connectivity index (χ0n) is 25.7. The van der Waals surface area contributed by atoms with Crippen molar-refractivity contribution in [3.05, 3.63) is 129 Å². The number of hydrogen-bond donors (Lipinski definition) is 1. The van der Waals surface area contributed by atoms with Gasteiger partial charge in [-0.1, -0.05) is 103 Å². The van der Waals surface area contributed by atoms with Crippen molar-refractivity contribution in [3.63, 3.8) is 0 Å². The van der Waals surface area contributed by atoms with Crippen LogP contribution in [0.3, 0.4) is 0 Å². The number of amides is 2. The molecule has 0 aliphatic rings. The molecule has 10 heteroatoms. The summed E-state index contributed by atoms with van der Waals surface area (Å²) >= 11 is 12.7. The molecule has 4 aromatic carbocycles. The molecule has 7 nitrogen and oxygen atoms in total. The van der Waals surface area contributed by atoms with Gasteiger partial charge in [0.25, 0.3) is 10.0 Å². The number of carbonyl (C=O) groups is 2. The average molecular weight is 667 g/mol. The van der Waals surface area contributed by atoms with E-state index in [0.29, 0.717) is 21.3 Å². The summed E-state index contributed by atoms with van der Waals surface area (Å²) in [4.78, 5) is 29.3. The molecule has 4 rings (SSSR count). The predicted octanol–water partition coefficient (Wildman–Crippen LogP) is 7.01. The van der Waals surface area contributed by atoms with Crippen LogP contribution in [0.5, 0.6) is 0 Å². The molecule has 4 aromatic rings. The van der Waals surface area contributed by atoms with Crippen molar-refractivity contribution in [1.29, 1.82) is 0 Å². The molecular weight excluding hydrogens is 629 g/mol. The molecule has 0 fully saturated rings. The maximum Gasteiger partial charge on any atom is 0.264 e. The van der Waals surface area contributed by atoms with Crippen LogP contribution in [-0.4, -0.2) is 44.8 Å². The quantitative estimate of drug-likeness (QED) is 0.176. The summed E-state index contributed by atoms with van der Waals surface area (Å²) in [5.74, 6) is -0.741. The number of hydrogen-bond acceptors (Lipinski definition) is 4. The van der Waals surface area contributed by atoms with Crippen molar-refractivity contribution in [2.75, 3.05) is 17.9 Å². The van der Waals surface area contributed by atoms with E-state index >= 15 is 0 Å². The van der Waals surface area contributed by atoms with E-state index in [1.807, 2.05) is 63.2 Å². The van der Waals surface area contributed by atoms with Gasteiger partial charge in [-0.25, -0.2) is 8.42 Å². The second-order valence-electron chi connectivity index (χ2n) is 11.1. The molecule has 0 saturated carbocycles. The SMILES string of the molecule is CNC(=O)[C@H](Cc1ccccc1)N(Cc1ccc(Cl)cc1Cl)C(=O)CN(c1ccc(C(C)C)cc1)S(=O)(=O)c1ccc(C)cc1. The van der Waals surface area contributed by atoms with Crippen LogP contribution < -0.4 is 9.62 Å². The van der Waals surface area contributed by atoms with Gasteiger partial charge >= 0.3 is 0 Å². The molecule has 1 N–H and O–H groups in total. The largest absolute Gasteiger partial charge is 0.357 e. The molecule has 0 saturated heterocycles. The first-order valence-corrected chi connectivity index (χ1v) is 16.8. The van der Waals surface area contributed by atoms with Crippen LogP contribution in [0.2, 0.25) is 10.0 Å². The number of halogens is 2. The molecule has 0 radical (unpaired) electrons. The van der Waals surface area contributed by atoms with Gasteiger partial charge in [0.05, 0.1) is 10.6 Å². The highest BCUT2D eigenvalue weighted by Crippen LogP contribution is 2.28. The normalized spacial score (nSPS) is 12.1. The molecular formula is C35H37Cl2N3O4S. The number of sulfonamides is 1. The standard InChI is InChI=1S/C35H37Cl2N3O4S/c1-24(2)27-13-16-30(17-14-27)40(45(43,44)31-18-10-25(3)11-19-31)23-34(41)39(22-28-12-15-29(36)21-32(28)37)33(35(42)38-4)20-26-8-6-5-7-9-26/h5-19,21,24,33H,20,22-23H2,1-4H3,(H,38,42)/t33-/m0/s1. The molecule has 0 bridgehead atoms. The number of likely N-dealkylation sites (N-methyl/N-ethyl adjacent to an activating group) is 1. The Hall–Kier alpha value is -3.85. The van der Waals surface area contributed by atoms with Gasteiger partial charge in [-0.05, 0) is 65.9 Å². The molecule has 2 amide bonds. The summed E-state index contributed by atoms with van der Waals surface area (Å²) in [6, 6.07) is 26.9. The minimum atomic E-state index is -4.19. The molecule has 0 spiro atoms. The molecule has 0 aliphatic carbocycles. The topological polar surface area (TPSA) is 86.8 Å². The number of nitrogens with zero attached hydrogens (tertiary/aromatic N) is 2. The number of rotatable bonds is 12. The van der Waals surface area contributed by atoms with E-state index in [9.17, 15) is 18.0 Å². The van der Waals surface area contributed by atoms with Crippen molar-refractivity contribution in [2.45, 2.75) is 50.6 Å². The number of nitrogens with one attached hydrogen (secondary N) is 1. The van der Waals surface area contributed by atoms with E-state index < -0.39 is 34.4 Å². The lowest BCUT2D eigenvalue weighted by molar-refractivity contribution is -0.139. The fraction of sp³-hybridized carbons (Fsp3) is 0.257. The van der Waals surface area contributed by atoms with Crippen LogP contribution in [0, 0.1) is 6.92 Å². The fourth-order valence-corrected chi connectivity index (χ4v) is 6.83. The highest BCUT2D eigenvalue weighted by Gasteiger charge is 2.34. The van der Waals surface area contributed by atoms with Crippen LogP contribution in [0.1, 0.15) is 42.0 Å². The van der Waals surface area contributed by atoms with Crippen molar-refractivity contribution < 1.29 is 18.0 Å². The lowest BCUT2D eigenvalue weighted by Gasteiger charge is -2.34. The number of anilines is 1. The Morgan fingerprint density at radius 1 is 0.867 bits per heavy atom. The second kappa shape index (κ2) is 15.0. The summed E-state index contributed by atoms with van der Waals surface area (Å²) < 4.78 is 29.4. The molecule has 0 unspecified atom stereocenters. The average Bonchev–Trinajstić information content (AvgIpc) is 3.02. The molecule has 0 aliphatic heterocycles. The Labute approximate surface area is 275 Å². The first kappa shape index (κ1) is 34.0. The molecule has 1 atom stereocenters. The molecule has 0 aromatic heterocycles.